The summed E-state index contributed by atoms with van der Waals surface area (Å²) in [6.07, 6.45) is 7.63. The van der Waals surface area contributed by atoms with E-state index in [4.69, 9.17) is 0 Å². The Kier molecular flexibility index (Phi) is 1.41. The first kappa shape index (κ1) is 8.17. The zero-order valence-corrected chi connectivity index (χ0v) is 8.85. The van der Waals surface area contributed by atoms with Crippen LogP contribution in [0.1, 0.15) is 5.56 Å². The van der Waals surface area contributed by atoms with Gasteiger partial charge in [-0.25, -0.2) is 0 Å². The molecule has 1 aromatic carbocycles. The first-order chi connectivity index (χ1) is 7.93. The van der Waals surface area contributed by atoms with Gasteiger partial charge in [-0.2, -0.15) is 0 Å². The number of benzene rings is 1. The van der Waals surface area contributed by atoms with Gasteiger partial charge in [0.25, 0.3) is 0 Å². The lowest BCUT2D eigenvalue weighted by atomic mass is 10.1. The maximum absolute atomic E-state index is 2.36. The van der Waals surface area contributed by atoms with E-state index in [2.05, 4.69) is 59.0 Å². The fourth-order valence-electron chi connectivity index (χ4n) is 2.65. The molecule has 2 aromatic heterocycles. The first-order valence-electron chi connectivity index (χ1n) is 5.62. The zero-order valence-electron chi connectivity index (χ0n) is 8.85. The van der Waals surface area contributed by atoms with Crippen LogP contribution in [0.2, 0.25) is 0 Å². The minimum atomic E-state index is 1.06. The van der Waals surface area contributed by atoms with Gasteiger partial charge in [0.2, 0.25) is 0 Å². The molecule has 0 radical (unpaired) electrons. The second-order valence-corrected chi connectivity index (χ2v) is 4.32. The Balaban J connectivity index is 2.32. The third kappa shape index (κ3) is 0.904. The van der Waals surface area contributed by atoms with E-state index < -0.39 is 0 Å². The third-order valence-corrected chi connectivity index (χ3v) is 3.36. The zero-order chi connectivity index (χ0) is 10.5. The summed E-state index contributed by atoms with van der Waals surface area (Å²) in [7, 11) is 0. The molecule has 1 aliphatic carbocycles. The van der Waals surface area contributed by atoms with Crippen LogP contribution in [-0.2, 0) is 6.42 Å². The van der Waals surface area contributed by atoms with Gasteiger partial charge in [0.1, 0.15) is 0 Å². The van der Waals surface area contributed by atoms with E-state index in [0.717, 1.165) is 6.42 Å². The average Bonchev–Trinajstić information content (AvgIpc) is 2.83. The highest BCUT2D eigenvalue weighted by Gasteiger charge is 2.09. The monoisotopic (exact) mass is 205 g/mol. The predicted molar refractivity (Wildman–Crippen MR) is 67.4 cm³/mol. The topological polar surface area (TPSA) is 4.41 Å². The van der Waals surface area contributed by atoms with Crippen molar-refractivity contribution in [2.24, 2.45) is 0 Å². The molecule has 4 rings (SSSR count). The summed E-state index contributed by atoms with van der Waals surface area (Å²) in [4.78, 5) is 0. The number of aromatic nitrogens is 1. The molecule has 0 amide bonds. The van der Waals surface area contributed by atoms with Gasteiger partial charge in [0, 0.05) is 16.3 Å². The van der Waals surface area contributed by atoms with Crippen LogP contribution >= 0.6 is 0 Å². The van der Waals surface area contributed by atoms with Crippen LogP contribution in [0, 0.1) is 0 Å². The van der Waals surface area contributed by atoms with Crippen molar-refractivity contribution >= 4 is 22.5 Å². The second kappa shape index (κ2) is 2.76. The predicted octanol–water partition coefficient (Wildman–Crippen LogP) is 2.70. The Labute approximate surface area is 93.3 Å². The van der Waals surface area contributed by atoms with E-state index >= 15 is 0 Å². The molecule has 0 N–H and O–H groups in total. The Hall–Kier alpha value is -2.02. The van der Waals surface area contributed by atoms with Crippen molar-refractivity contribution in [2.75, 3.05) is 0 Å². The van der Waals surface area contributed by atoms with Gasteiger partial charge in [0.05, 0.1) is 5.52 Å². The number of rotatable bonds is 0. The summed E-state index contributed by atoms with van der Waals surface area (Å²) in [5.74, 6) is 0. The van der Waals surface area contributed by atoms with Crippen molar-refractivity contribution in [2.45, 2.75) is 6.42 Å². The molecular weight excluding hydrogens is 194 g/mol. The standard InChI is InChI=1S/C15H11N/c1-3-7-14-11(5-1)9-13-10-12-6-2-4-8-15(12)16(13)14/h1-5,7-10H,6H2. The van der Waals surface area contributed by atoms with Gasteiger partial charge in [0.15, 0.2) is 0 Å². The Morgan fingerprint density at radius 1 is 1.06 bits per heavy atom. The molecule has 1 heteroatoms. The number of hydrogen-bond donors (Lipinski definition) is 0. The summed E-state index contributed by atoms with van der Waals surface area (Å²) < 4.78 is 2.36. The molecule has 0 bridgehead atoms. The molecule has 0 fully saturated rings. The molecule has 3 aromatic rings. The molecule has 0 aliphatic heterocycles. The third-order valence-electron chi connectivity index (χ3n) is 3.36. The quantitative estimate of drug-likeness (QED) is 0.531. The molecule has 1 aliphatic rings. The Morgan fingerprint density at radius 3 is 3.00 bits per heavy atom. The number of nitrogens with zero attached hydrogens (tertiary/aromatic N) is 1. The molecule has 0 saturated carbocycles. The van der Waals surface area contributed by atoms with Crippen LogP contribution < -0.4 is 5.35 Å². The highest BCUT2D eigenvalue weighted by atomic mass is 14.9. The number of fused-ring (bicyclic) bond motifs is 5. The minimum absolute atomic E-state index is 1.06. The molecule has 0 saturated heterocycles. The average molecular weight is 205 g/mol. The lowest BCUT2D eigenvalue weighted by Gasteiger charge is -1.98. The SMILES string of the molecule is C1=CCc2cc3cc4ccccc4n3c2=C1. The second-order valence-electron chi connectivity index (χ2n) is 4.32. The Morgan fingerprint density at radius 2 is 2.00 bits per heavy atom. The molecule has 0 unspecified atom stereocenters. The highest BCUT2D eigenvalue weighted by molar-refractivity contribution is 5.88. The van der Waals surface area contributed by atoms with Crippen molar-refractivity contribution in [1.82, 2.24) is 4.40 Å². The van der Waals surface area contributed by atoms with Crippen LogP contribution in [0.15, 0.2) is 48.6 Å². The van der Waals surface area contributed by atoms with Gasteiger partial charge in [-0.05, 0) is 36.3 Å². The van der Waals surface area contributed by atoms with Gasteiger partial charge in [-0.3, -0.25) is 0 Å². The molecule has 16 heavy (non-hydrogen) atoms. The summed E-state index contributed by atoms with van der Waals surface area (Å²) in [5.41, 5.74) is 4.06. The van der Waals surface area contributed by atoms with Crippen LogP contribution in [-0.4, -0.2) is 4.40 Å². The molecule has 1 nitrogen and oxygen atoms in total. The van der Waals surface area contributed by atoms with Crippen molar-refractivity contribution in [3.8, 4) is 0 Å². The minimum Gasteiger partial charge on any atom is -0.310 e. The van der Waals surface area contributed by atoms with E-state index in [1.165, 1.54) is 27.3 Å². The maximum Gasteiger partial charge on any atom is 0.0534 e. The highest BCUT2D eigenvalue weighted by Crippen LogP contribution is 2.20. The van der Waals surface area contributed by atoms with Crippen molar-refractivity contribution < 1.29 is 0 Å². The number of hydrogen-bond acceptors (Lipinski definition) is 0. The van der Waals surface area contributed by atoms with Crippen LogP contribution in [0.4, 0.5) is 0 Å². The van der Waals surface area contributed by atoms with Gasteiger partial charge in [-0.1, -0.05) is 30.4 Å². The molecule has 2 heterocycles. The number of allylic oxidation sites excluding steroid dienone is 2. The summed E-state index contributed by atoms with van der Waals surface area (Å²) >= 11 is 0. The van der Waals surface area contributed by atoms with Crippen LogP contribution in [0.25, 0.3) is 22.5 Å². The lowest BCUT2D eigenvalue weighted by molar-refractivity contribution is 1.15. The lowest BCUT2D eigenvalue weighted by Crippen LogP contribution is -2.13. The van der Waals surface area contributed by atoms with E-state index in [1.807, 2.05) is 0 Å². The summed E-state index contributed by atoms with van der Waals surface area (Å²) in [6.45, 7) is 0. The van der Waals surface area contributed by atoms with Crippen molar-refractivity contribution in [3.63, 3.8) is 0 Å². The van der Waals surface area contributed by atoms with E-state index in [0.29, 0.717) is 0 Å². The molecule has 0 spiro atoms. The summed E-state index contributed by atoms with van der Waals surface area (Å²) in [5, 5.41) is 2.67. The fourth-order valence-corrected chi connectivity index (χ4v) is 2.65. The normalized spacial score (nSPS) is 14.2. The van der Waals surface area contributed by atoms with Gasteiger partial charge < -0.3 is 4.40 Å². The fraction of sp³-hybridized carbons (Fsp3) is 0.0667. The van der Waals surface area contributed by atoms with E-state index in [1.54, 1.807) is 0 Å². The van der Waals surface area contributed by atoms with Crippen LogP contribution in [0.5, 0.6) is 0 Å². The molecule has 0 atom stereocenters. The van der Waals surface area contributed by atoms with Crippen molar-refractivity contribution in [3.05, 3.63) is 59.5 Å². The summed E-state index contributed by atoms with van der Waals surface area (Å²) in [6, 6.07) is 13.1. The van der Waals surface area contributed by atoms with E-state index in [-0.39, 0.29) is 0 Å². The smallest absolute Gasteiger partial charge is 0.0534 e. The molecular formula is C15H11N. The molecule has 76 valence electrons. The largest absolute Gasteiger partial charge is 0.310 e. The number of para-hydroxylation sites is 1. The van der Waals surface area contributed by atoms with Crippen molar-refractivity contribution in [1.29, 1.82) is 0 Å². The van der Waals surface area contributed by atoms with Crippen LogP contribution in [0.3, 0.4) is 0 Å². The van der Waals surface area contributed by atoms with Gasteiger partial charge in [-0.15, -0.1) is 0 Å². The first-order valence-corrected chi connectivity index (χ1v) is 5.62. The van der Waals surface area contributed by atoms with E-state index in [9.17, 15) is 0 Å². The van der Waals surface area contributed by atoms with Gasteiger partial charge >= 0.3 is 0 Å². The maximum atomic E-state index is 2.36. The Bertz CT molecular complexity index is 775.